The average Bonchev–Trinajstić information content (AvgIpc) is 3.33. The largest absolute Gasteiger partial charge is 0.481 e. The summed E-state index contributed by atoms with van der Waals surface area (Å²) in [4.78, 5) is 16.1. The van der Waals surface area contributed by atoms with Gasteiger partial charge in [0.05, 0.1) is 25.9 Å². The van der Waals surface area contributed by atoms with Crippen LogP contribution < -0.4 is 4.74 Å². The first-order valence-corrected chi connectivity index (χ1v) is 8.77. The number of pyridine rings is 1. The summed E-state index contributed by atoms with van der Waals surface area (Å²) < 4.78 is 7.12. The number of aliphatic imine (C=N–C) groups is 1. The van der Waals surface area contributed by atoms with Crippen LogP contribution in [0.1, 0.15) is 30.3 Å². The first-order chi connectivity index (χ1) is 12.8. The fourth-order valence-corrected chi connectivity index (χ4v) is 3.24. The molecule has 1 aliphatic rings. The summed E-state index contributed by atoms with van der Waals surface area (Å²) in [5.41, 5.74) is 3.87. The minimum Gasteiger partial charge on any atom is -0.481 e. The second-order valence-electron chi connectivity index (χ2n) is 6.17. The summed E-state index contributed by atoms with van der Waals surface area (Å²) in [7, 11) is 1.62. The summed E-state index contributed by atoms with van der Waals surface area (Å²) in [6, 6.07) is 5.73. The van der Waals surface area contributed by atoms with Crippen LogP contribution in [0.25, 0.3) is 5.65 Å². The van der Waals surface area contributed by atoms with Crippen LogP contribution in [0.4, 0.5) is 0 Å². The highest BCUT2D eigenvalue weighted by atomic mass is 16.5. The van der Waals surface area contributed by atoms with E-state index in [4.69, 9.17) is 4.74 Å². The second kappa shape index (κ2) is 7.07. The summed E-state index contributed by atoms with van der Waals surface area (Å²) in [5.74, 6) is 1.47. The third kappa shape index (κ3) is 2.98. The Balaban J connectivity index is 1.65. The van der Waals surface area contributed by atoms with Crippen LogP contribution >= 0.6 is 0 Å². The minimum absolute atomic E-state index is 0.590. The van der Waals surface area contributed by atoms with Crippen molar-refractivity contribution in [3.05, 3.63) is 47.8 Å². The lowest BCUT2D eigenvalue weighted by molar-refractivity contribution is 0.396. The second-order valence-corrected chi connectivity index (χ2v) is 6.17. The summed E-state index contributed by atoms with van der Waals surface area (Å²) in [6.45, 7) is 4.44. The molecule has 0 radical (unpaired) electrons. The van der Waals surface area contributed by atoms with E-state index >= 15 is 0 Å². The SMILES string of the molecule is CCCc1c(CN2CCN=C2c2cccc(OC)n2)ncn2cnnc12. The molecular weight excluding hydrogens is 330 g/mol. The zero-order chi connectivity index (χ0) is 17.9. The predicted molar refractivity (Wildman–Crippen MR) is 97.4 cm³/mol. The molecule has 0 unspecified atom stereocenters. The first kappa shape index (κ1) is 16.4. The Bertz CT molecular complexity index is 950. The maximum atomic E-state index is 5.24. The molecule has 0 amide bonds. The highest BCUT2D eigenvalue weighted by Gasteiger charge is 2.23. The fourth-order valence-electron chi connectivity index (χ4n) is 3.24. The molecule has 0 aliphatic carbocycles. The minimum atomic E-state index is 0.590. The van der Waals surface area contributed by atoms with Crippen LogP contribution in [-0.2, 0) is 13.0 Å². The van der Waals surface area contributed by atoms with Gasteiger partial charge >= 0.3 is 0 Å². The molecule has 0 spiro atoms. The van der Waals surface area contributed by atoms with Crippen LogP contribution in [0.5, 0.6) is 5.88 Å². The van der Waals surface area contributed by atoms with Crippen LogP contribution in [0, 0.1) is 0 Å². The number of aromatic nitrogens is 5. The Morgan fingerprint density at radius 1 is 1.23 bits per heavy atom. The normalized spacial score (nSPS) is 14.1. The van der Waals surface area contributed by atoms with E-state index in [0.717, 1.165) is 54.4 Å². The topological polar surface area (TPSA) is 80.8 Å². The lowest BCUT2D eigenvalue weighted by Crippen LogP contribution is -2.29. The molecule has 0 fully saturated rings. The van der Waals surface area contributed by atoms with E-state index < -0.39 is 0 Å². The first-order valence-electron chi connectivity index (χ1n) is 8.77. The molecule has 0 aromatic carbocycles. The van der Waals surface area contributed by atoms with Gasteiger partial charge in [-0.25, -0.2) is 9.97 Å². The van der Waals surface area contributed by atoms with Crippen molar-refractivity contribution in [2.24, 2.45) is 4.99 Å². The summed E-state index contributed by atoms with van der Waals surface area (Å²) in [6.07, 6.45) is 5.41. The smallest absolute Gasteiger partial charge is 0.213 e. The van der Waals surface area contributed by atoms with Crippen molar-refractivity contribution in [1.82, 2.24) is 29.5 Å². The van der Waals surface area contributed by atoms with Crippen molar-refractivity contribution in [2.75, 3.05) is 20.2 Å². The lowest BCUT2D eigenvalue weighted by atomic mass is 10.1. The molecule has 4 heterocycles. The monoisotopic (exact) mass is 351 g/mol. The van der Waals surface area contributed by atoms with Gasteiger partial charge < -0.3 is 9.64 Å². The van der Waals surface area contributed by atoms with Crippen molar-refractivity contribution in [2.45, 2.75) is 26.3 Å². The van der Waals surface area contributed by atoms with Gasteiger partial charge in [0.25, 0.3) is 0 Å². The molecule has 3 aromatic heterocycles. The number of methoxy groups -OCH3 is 1. The quantitative estimate of drug-likeness (QED) is 0.673. The lowest BCUT2D eigenvalue weighted by Gasteiger charge is -2.21. The van der Waals surface area contributed by atoms with Crippen LogP contribution in [0.15, 0.2) is 35.8 Å². The van der Waals surface area contributed by atoms with E-state index in [1.54, 1.807) is 19.8 Å². The van der Waals surface area contributed by atoms with Gasteiger partial charge in [0.15, 0.2) is 11.5 Å². The van der Waals surface area contributed by atoms with Crippen molar-refractivity contribution in [3.8, 4) is 5.88 Å². The number of hydrogen-bond acceptors (Lipinski definition) is 7. The molecule has 4 rings (SSSR count). The van der Waals surface area contributed by atoms with E-state index in [0.29, 0.717) is 12.4 Å². The Morgan fingerprint density at radius 3 is 3.00 bits per heavy atom. The zero-order valence-electron chi connectivity index (χ0n) is 15.0. The molecule has 1 aliphatic heterocycles. The van der Waals surface area contributed by atoms with E-state index in [-0.39, 0.29) is 0 Å². The Kier molecular flexibility index (Phi) is 4.47. The Morgan fingerprint density at radius 2 is 2.15 bits per heavy atom. The third-order valence-corrected chi connectivity index (χ3v) is 4.46. The molecule has 3 aromatic rings. The number of hydrogen-bond donors (Lipinski definition) is 0. The van der Waals surface area contributed by atoms with Gasteiger partial charge in [0, 0.05) is 18.2 Å². The molecule has 8 nitrogen and oxygen atoms in total. The van der Waals surface area contributed by atoms with Gasteiger partial charge in [-0.3, -0.25) is 9.39 Å². The van der Waals surface area contributed by atoms with Gasteiger partial charge in [-0.2, -0.15) is 0 Å². The number of aryl methyl sites for hydroxylation is 1. The molecule has 134 valence electrons. The molecule has 8 heteroatoms. The molecular formula is C18H21N7O. The molecule has 0 N–H and O–H groups in total. The number of nitrogens with zero attached hydrogens (tertiary/aromatic N) is 7. The van der Waals surface area contributed by atoms with E-state index in [1.165, 1.54) is 0 Å². The highest BCUT2D eigenvalue weighted by molar-refractivity contribution is 5.98. The van der Waals surface area contributed by atoms with Gasteiger partial charge in [0.1, 0.15) is 18.3 Å². The zero-order valence-corrected chi connectivity index (χ0v) is 15.0. The Labute approximate surface area is 151 Å². The fraction of sp³-hybridized carbons (Fsp3) is 0.389. The average molecular weight is 351 g/mol. The van der Waals surface area contributed by atoms with Gasteiger partial charge in [-0.15, -0.1) is 10.2 Å². The van der Waals surface area contributed by atoms with Crippen molar-refractivity contribution in [3.63, 3.8) is 0 Å². The molecule has 0 bridgehead atoms. The summed E-state index contributed by atoms with van der Waals surface area (Å²) in [5, 5.41) is 8.28. The number of fused-ring (bicyclic) bond motifs is 1. The Hall–Kier alpha value is -3.03. The van der Waals surface area contributed by atoms with Crippen LogP contribution in [0.2, 0.25) is 0 Å². The number of rotatable bonds is 6. The van der Waals surface area contributed by atoms with E-state index in [9.17, 15) is 0 Å². The van der Waals surface area contributed by atoms with Crippen molar-refractivity contribution < 1.29 is 4.74 Å². The summed E-state index contributed by atoms with van der Waals surface area (Å²) >= 11 is 0. The standard InChI is InChI=1S/C18H21N7O/c1-3-5-13-15(20-11-25-12-21-23-17(13)25)10-24-9-8-19-18(24)14-6-4-7-16(22-14)26-2/h4,6-7,11-12H,3,5,8-10H2,1-2H3. The molecule has 0 saturated carbocycles. The van der Waals surface area contributed by atoms with Gasteiger partial charge in [-0.05, 0) is 12.5 Å². The van der Waals surface area contributed by atoms with Crippen LogP contribution in [-0.4, -0.2) is 55.5 Å². The predicted octanol–water partition coefficient (Wildman–Crippen LogP) is 1.74. The van der Waals surface area contributed by atoms with Crippen LogP contribution in [0.3, 0.4) is 0 Å². The maximum Gasteiger partial charge on any atom is 0.213 e. The molecule has 0 atom stereocenters. The van der Waals surface area contributed by atoms with Crippen molar-refractivity contribution in [1.29, 1.82) is 0 Å². The highest BCUT2D eigenvalue weighted by Crippen LogP contribution is 2.20. The van der Waals surface area contributed by atoms with E-state index in [1.807, 2.05) is 22.6 Å². The number of amidine groups is 1. The number of ether oxygens (including phenoxy) is 1. The van der Waals surface area contributed by atoms with Gasteiger partial charge in [-0.1, -0.05) is 19.4 Å². The molecule has 26 heavy (non-hydrogen) atoms. The van der Waals surface area contributed by atoms with E-state index in [2.05, 4.69) is 37.0 Å². The third-order valence-electron chi connectivity index (χ3n) is 4.46. The van der Waals surface area contributed by atoms with Crippen molar-refractivity contribution >= 4 is 11.5 Å². The van der Waals surface area contributed by atoms with Gasteiger partial charge in [0.2, 0.25) is 5.88 Å². The molecule has 0 saturated heterocycles. The maximum absolute atomic E-state index is 5.24.